The highest BCUT2D eigenvalue weighted by Gasteiger charge is 2.18. The van der Waals surface area contributed by atoms with Crippen molar-refractivity contribution in [2.24, 2.45) is 0 Å². The van der Waals surface area contributed by atoms with Crippen molar-refractivity contribution in [3.05, 3.63) is 12.2 Å². The van der Waals surface area contributed by atoms with Gasteiger partial charge in [-0.25, -0.2) is 0 Å². The first kappa shape index (κ1) is 16.8. The van der Waals surface area contributed by atoms with Crippen LogP contribution in [0.1, 0.15) is 84.5 Å². The van der Waals surface area contributed by atoms with E-state index in [0.29, 0.717) is 0 Å². The monoisotopic (exact) mass is 265 g/mol. The molecule has 0 spiro atoms. The summed E-state index contributed by atoms with van der Waals surface area (Å²) in [6.45, 7) is 7.24. The van der Waals surface area contributed by atoms with E-state index < -0.39 is 0 Å². The summed E-state index contributed by atoms with van der Waals surface area (Å²) < 4.78 is 0. The lowest BCUT2D eigenvalue weighted by atomic mass is 10.0. The lowest BCUT2D eigenvalue weighted by Gasteiger charge is -2.33. The van der Waals surface area contributed by atoms with Crippen LogP contribution in [0.3, 0.4) is 0 Å². The van der Waals surface area contributed by atoms with Crippen LogP contribution in [0.4, 0.5) is 0 Å². The molecule has 0 fully saturated rings. The van der Waals surface area contributed by atoms with Crippen molar-refractivity contribution in [1.82, 2.24) is 4.90 Å². The molecule has 0 bridgehead atoms. The van der Waals surface area contributed by atoms with E-state index in [-0.39, 0.29) is 0 Å². The van der Waals surface area contributed by atoms with Crippen LogP contribution in [0.15, 0.2) is 12.2 Å². The van der Waals surface area contributed by atoms with Crippen molar-refractivity contribution in [2.45, 2.75) is 90.5 Å². The van der Waals surface area contributed by atoms with Gasteiger partial charge in [0.15, 0.2) is 0 Å². The Balaban J connectivity index is 2.07. The maximum absolute atomic E-state index is 2.73. The van der Waals surface area contributed by atoms with Crippen molar-refractivity contribution in [3.8, 4) is 0 Å². The average molecular weight is 265 g/mol. The molecule has 0 aromatic heterocycles. The van der Waals surface area contributed by atoms with Gasteiger partial charge in [0.25, 0.3) is 0 Å². The zero-order chi connectivity index (χ0) is 13.8. The molecule has 0 heterocycles. The van der Waals surface area contributed by atoms with E-state index in [9.17, 15) is 0 Å². The van der Waals surface area contributed by atoms with Gasteiger partial charge < -0.3 is 0 Å². The predicted molar refractivity (Wildman–Crippen MR) is 86.6 cm³/mol. The zero-order valence-corrected chi connectivity index (χ0v) is 13.4. The van der Waals surface area contributed by atoms with Gasteiger partial charge in [-0.2, -0.15) is 0 Å². The van der Waals surface area contributed by atoms with Crippen molar-refractivity contribution < 1.29 is 0 Å². The highest BCUT2D eigenvalue weighted by atomic mass is 15.1. The van der Waals surface area contributed by atoms with Crippen LogP contribution in [0.25, 0.3) is 0 Å². The predicted octanol–water partition coefficient (Wildman–Crippen LogP) is 5.56. The second-order valence-electron chi connectivity index (χ2n) is 6.10. The molecular formula is C18H35N. The second kappa shape index (κ2) is 11.5. The van der Waals surface area contributed by atoms with E-state index in [1.54, 1.807) is 0 Å². The summed E-state index contributed by atoms with van der Waals surface area (Å²) in [7, 11) is 0. The van der Waals surface area contributed by atoms with Crippen molar-refractivity contribution in [2.75, 3.05) is 13.1 Å². The largest absolute Gasteiger partial charge is 0.297 e. The van der Waals surface area contributed by atoms with Gasteiger partial charge >= 0.3 is 0 Å². The summed E-state index contributed by atoms with van der Waals surface area (Å²) >= 11 is 0. The fraction of sp³-hybridized carbons (Fsp3) is 0.889. The zero-order valence-electron chi connectivity index (χ0n) is 13.4. The molecular weight excluding hydrogens is 230 g/mol. The van der Waals surface area contributed by atoms with Gasteiger partial charge in [-0.05, 0) is 32.4 Å². The minimum absolute atomic E-state index is 0.775. The Morgan fingerprint density at radius 3 is 1.63 bits per heavy atom. The molecule has 1 nitrogen and oxygen atoms in total. The molecule has 0 saturated carbocycles. The van der Waals surface area contributed by atoms with E-state index in [0.717, 1.165) is 6.04 Å². The molecule has 1 aliphatic rings. The Hall–Kier alpha value is -0.300. The quantitative estimate of drug-likeness (QED) is 0.311. The molecule has 1 rings (SSSR count). The van der Waals surface area contributed by atoms with Gasteiger partial charge in [0.1, 0.15) is 0 Å². The summed E-state index contributed by atoms with van der Waals surface area (Å²) in [5.74, 6) is 0. The van der Waals surface area contributed by atoms with Crippen molar-refractivity contribution in [3.63, 3.8) is 0 Å². The van der Waals surface area contributed by atoms with Crippen LogP contribution in [0.5, 0.6) is 0 Å². The Morgan fingerprint density at radius 2 is 1.26 bits per heavy atom. The van der Waals surface area contributed by atoms with Gasteiger partial charge in [0.05, 0.1) is 0 Å². The number of unbranched alkanes of at least 4 members (excludes halogenated alkanes) is 8. The van der Waals surface area contributed by atoms with E-state index in [2.05, 4.69) is 30.9 Å². The Bertz CT molecular complexity index is 208. The fourth-order valence-electron chi connectivity index (χ4n) is 2.81. The van der Waals surface area contributed by atoms with Gasteiger partial charge in [-0.3, -0.25) is 4.90 Å². The summed E-state index contributed by atoms with van der Waals surface area (Å²) in [6, 6.07) is 0.775. The third-order valence-electron chi connectivity index (χ3n) is 4.30. The first-order chi connectivity index (χ1) is 9.38. The van der Waals surface area contributed by atoms with Crippen molar-refractivity contribution in [1.29, 1.82) is 0 Å². The molecule has 0 aromatic carbocycles. The minimum atomic E-state index is 0.775. The third kappa shape index (κ3) is 7.77. The van der Waals surface area contributed by atoms with Gasteiger partial charge in [-0.15, -0.1) is 0 Å². The van der Waals surface area contributed by atoms with Crippen LogP contribution in [-0.2, 0) is 0 Å². The highest BCUT2D eigenvalue weighted by Crippen LogP contribution is 2.18. The van der Waals surface area contributed by atoms with Crippen LogP contribution in [-0.4, -0.2) is 24.0 Å². The standard InChI is InChI=1S/C18H35N/c1-3-5-7-9-11-16-19(18-14-13-15-18)17-12-10-8-6-4-2/h13-14,18H,3-12,15-17H2,1-2H3. The first-order valence-corrected chi connectivity index (χ1v) is 8.79. The van der Waals surface area contributed by atoms with E-state index in [4.69, 9.17) is 0 Å². The summed E-state index contributed by atoms with van der Waals surface area (Å²) in [5, 5.41) is 0. The topological polar surface area (TPSA) is 3.24 Å². The maximum atomic E-state index is 2.73. The summed E-state index contributed by atoms with van der Waals surface area (Å²) in [6.07, 6.45) is 20.1. The van der Waals surface area contributed by atoms with Crippen LogP contribution >= 0.6 is 0 Å². The van der Waals surface area contributed by atoms with Crippen LogP contribution in [0, 0.1) is 0 Å². The van der Waals surface area contributed by atoms with Crippen LogP contribution < -0.4 is 0 Å². The number of nitrogens with zero attached hydrogens (tertiary/aromatic N) is 1. The molecule has 0 aliphatic heterocycles. The Labute approximate surface area is 121 Å². The van der Waals surface area contributed by atoms with E-state index in [1.807, 2.05) is 0 Å². The third-order valence-corrected chi connectivity index (χ3v) is 4.30. The van der Waals surface area contributed by atoms with Crippen molar-refractivity contribution >= 4 is 0 Å². The summed E-state index contributed by atoms with van der Waals surface area (Å²) in [5.41, 5.74) is 0. The molecule has 0 amide bonds. The molecule has 19 heavy (non-hydrogen) atoms. The van der Waals surface area contributed by atoms with Gasteiger partial charge in [0.2, 0.25) is 0 Å². The Kier molecular flexibility index (Phi) is 10.2. The SMILES string of the molecule is CCCCCCCN(CCCCCCC)C1C=CC1. The highest BCUT2D eigenvalue weighted by molar-refractivity contribution is 5.07. The average Bonchev–Trinajstić information content (AvgIpc) is 2.35. The van der Waals surface area contributed by atoms with E-state index >= 15 is 0 Å². The molecule has 1 aliphatic carbocycles. The number of hydrogen-bond donors (Lipinski definition) is 0. The first-order valence-electron chi connectivity index (χ1n) is 8.79. The number of hydrogen-bond acceptors (Lipinski definition) is 1. The number of rotatable bonds is 13. The molecule has 1 atom stereocenters. The van der Waals surface area contributed by atoms with Gasteiger partial charge in [-0.1, -0.05) is 77.4 Å². The molecule has 0 saturated heterocycles. The Morgan fingerprint density at radius 1 is 0.789 bits per heavy atom. The van der Waals surface area contributed by atoms with Gasteiger partial charge in [0, 0.05) is 6.04 Å². The lowest BCUT2D eigenvalue weighted by molar-refractivity contribution is 0.208. The molecule has 0 radical (unpaired) electrons. The molecule has 1 unspecified atom stereocenters. The smallest absolute Gasteiger partial charge is 0.0312 e. The lowest BCUT2D eigenvalue weighted by Crippen LogP contribution is -2.38. The maximum Gasteiger partial charge on any atom is 0.0312 e. The normalized spacial score (nSPS) is 17.9. The fourth-order valence-corrected chi connectivity index (χ4v) is 2.81. The second-order valence-corrected chi connectivity index (χ2v) is 6.10. The minimum Gasteiger partial charge on any atom is -0.297 e. The molecule has 0 aromatic rings. The molecule has 0 N–H and O–H groups in total. The molecule has 112 valence electrons. The molecule has 1 heteroatoms. The van der Waals surface area contributed by atoms with E-state index in [1.165, 1.54) is 83.7 Å². The summed E-state index contributed by atoms with van der Waals surface area (Å²) in [4.78, 5) is 2.73. The van der Waals surface area contributed by atoms with Crippen LogP contribution in [0.2, 0.25) is 0 Å².